The number of Topliss-reactive ketones (excluding diaryl/α,β-unsaturated/α-hetero) is 1. The molecule has 1 aromatic rings. The number of carbonyl (C=O) groups excluding carboxylic acids is 1. The summed E-state index contributed by atoms with van der Waals surface area (Å²) in [4.78, 5) is 11.3. The van der Waals surface area contributed by atoms with Crippen LogP contribution in [0.4, 0.5) is 4.39 Å². The minimum atomic E-state index is -0.288. The van der Waals surface area contributed by atoms with Gasteiger partial charge in [0.1, 0.15) is 11.6 Å². The number of carbonyl (C=O) groups is 1. The quantitative estimate of drug-likeness (QED) is 0.805. The van der Waals surface area contributed by atoms with E-state index in [-0.39, 0.29) is 30.0 Å². The molecule has 15 heavy (non-hydrogen) atoms. The third-order valence-corrected chi connectivity index (χ3v) is 3.02. The van der Waals surface area contributed by atoms with Crippen LogP contribution in [-0.2, 0) is 4.79 Å². The first kappa shape index (κ1) is 10.3. The van der Waals surface area contributed by atoms with Crippen molar-refractivity contribution in [3.63, 3.8) is 0 Å². The van der Waals surface area contributed by atoms with Gasteiger partial charge in [0.05, 0.1) is 0 Å². The van der Waals surface area contributed by atoms with Crippen LogP contribution in [-0.4, -0.2) is 17.5 Å². The van der Waals surface area contributed by atoms with Crippen LogP contribution in [0.5, 0.6) is 0 Å². The summed E-state index contributed by atoms with van der Waals surface area (Å²) in [6, 6.07) is 6.29. The summed E-state index contributed by atoms with van der Waals surface area (Å²) in [5, 5.41) is 9.14. The van der Waals surface area contributed by atoms with Crippen molar-refractivity contribution in [2.45, 2.75) is 18.8 Å². The van der Waals surface area contributed by atoms with E-state index in [1.807, 2.05) is 6.07 Å². The molecule has 3 heteroatoms. The van der Waals surface area contributed by atoms with Crippen LogP contribution < -0.4 is 0 Å². The molecule has 1 fully saturated rings. The summed E-state index contributed by atoms with van der Waals surface area (Å²) in [6.07, 6.45) is 0.840. The molecule has 2 atom stereocenters. The molecule has 1 N–H and O–H groups in total. The van der Waals surface area contributed by atoms with Crippen LogP contribution in [0, 0.1) is 11.7 Å². The maximum atomic E-state index is 13.0. The number of ketones is 1. The highest BCUT2D eigenvalue weighted by atomic mass is 19.1. The second kappa shape index (κ2) is 4.11. The van der Waals surface area contributed by atoms with Crippen molar-refractivity contribution in [3.05, 3.63) is 35.6 Å². The zero-order valence-corrected chi connectivity index (χ0v) is 8.32. The zero-order chi connectivity index (χ0) is 10.8. The maximum absolute atomic E-state index is 13.0. The van der Waals surface area contributed by atoms with Crippen LogP contribution in [0.2, 0.25) is 0 Å². The Morgan fingerprint density at radius 2 is 2.20 bits per heavy atom. The number of rotatable bonds is 2. The average molecular weight is 208 g/mol. The van der Waals surface area contributed by atoms with Gasteiger partial charge in [-0.05, 0) is 29.5 Å². The Morgan fingerprint density at radius 3 is 2.87 bits per heavy atom. The fourth-order valence-corrected chi connectivity index (χ4v) is 2.25. The Bertz CT molecular complexity index is 376. The fourth-order valence-electron chi connectivity index (χ4n) is 2.25. The van der Waals surface area contributed by atoms with Gasteiger partial charge in [0.2, 0.25) is 0 Å². The van der Waals surface area contributed by atoms with E-state index in [9.17, 15) is 9.18 Å². The van der Waals surface area contributed by atoms with Crippen molar-refractivity contribution >= 4 is 5.78 Å². The molecule has 1 saturated carbocycles. The SMILES string of the molecule is O=C1C[C@H](CO)[C@@H](c2cccc(F)c2)C1. The smallest absolute Gasteiger partial charge is 0.133 e. The Balaban J connectivity index is 2.26. The summed E-state index contributed by atoms with van der Waals surface area (Å²) in [7, 11) is 0. The lowest BCUT2D eigenvalue weighted by Crippen LogP contribution is -2.10. The number of hydrogen-bond acceptors (Lipinski definition) is 2. The van der Waals surface area contributed by atoms with Crippen LogP contribution in [0.25, 0.3) is 0 Å². The molecule has 1 aromatic carbocycles. The Labute approximate surface area is 87.7 Å². The first-order chi connectivity index (χ1) is 7.20. The van der Waals surface area contributed by atoms with E-state index in [2.05, 4.69) is 0 Å². The van der Waals surface area contributed by atoms with E-state index in [0.29, 0.717) is 12.8 Å². The van der Waals surface area contributed by atoms with Crippen molar-refractivity contribution in [2.24, 2.45) is 5.92 Å². The van der Waals surface area contributed by atoms with Gasteiger partial charge in [0, 0.05) is 19.4 Å². The van der Waals surface area contributed by atoms with E-state index in [4.69, 9.17) is 5.11 Å². The lowest BCUT2D eigenvalue weighted by atomic mass is 9.89. The Hall–Kier alpha value is -1.22. The van der Waals surface area contributed by atoms with Crippen molar-refractivity contribution in [1.29, 1.82) is 0 Å². The van der Waals surface area contributed by atoms with Crippen molar-refractivity contribution in [2.75, 3.05) is 6.61 Å². The Kier molecular flexibility index (Phi) is 2.82. The number of aliphatic hydroxyl groups excluding tert-OH is 1. The van der Waals surface area contributed by atoms with Gasteiger partial charge in [0.25, 0.3) is 0 Å². The third-order valence-electron chi connectivity index (χ3n) is 3.02. The average Bonchev–Trinajstić information content (AvgIpc) is 2.59. The van der Waals surface area contributed by atoms with Gasteiger partial charge in [-0.25, -0.2) is 4.39 Å². The van der Waals surface area contributed by atoms with Crippen LogP contribution >= 0.6 is 0 Å². The van der Waals surface area contributed by atoms with Crippen LogP contribution in [0.15, 0.2) is 24.3 Å². The lowest BCUT2D eigenvalue weighted by molar-refractivity contribution is -0.117. The maximum Gasteiger partial charge on any atom is 0.133 e. The minimum absolute atomic E-state index is 0.00702. The van der Waals surface area contributed by atoms with Gasteiger partial charge in [-0.3, -0.25) is 4.79 Å². The number of aliphatic hydroxyl groups is 1. The molecule has 80 valence electrons. The molecule has 2 rings (SSSR count). The summed E-state index contributed by atoms with van der Waals surface area (Å²) >= 11 is 0. The van der Waals surface area contributed by atoms with E-state index in [1.165, 1.54) is 12.1 Å². The minimum Gasteiger partial charge on any atom is -0.396 e. The summed E-state index contributed by atoms with van der Waals surface area (Å²) in [6.45, 7) is -0.00702. The number of hydrogen-bond donors (Lipinski definition) is 1. The topological polar surface area (TPSA) is 37.3 Å². The number of halogens is 1. The van der Waals surface area contributed by atoms with Gasteiger partial charge in [-0.15, -0.1) is 0 Å². The largest absolute Gasteiger partial charge is 0.396 e. The molecular weight excluding hydrogens is 195 g/mol. The molecule has 0 radical (unpaired) electrons. The Morgan fingerprint density at radius 1 is 1.40 bits per heavy atom. The molecule has 0 unspecified atom stereocenters. The highest BCUT2D eigenvalue weighted by molar-refractivity contribution is 5.82. The predicted octanol–water partition coefficient (Wildman–Crippen LogP) is 1.88. The molecule has 0 amide bonds. The van der Waals surface area contributed by atoms with E-state index in [0.717, 1.165) is 5.56 Å². The molecule has 1 aliphatic carbocycles. The lowest BCUT2D eigenvalue weighted by Gasteiger charge is -2.16. The molecule has 0 saturated heterocycles. The molecule has 0 bridgehead atoms. The normalized spacial score (nSPS) is 25.9. The molecule has 0 heterocycles. The van der Waals surface area contributed by atoms with Gasteiger partial charge < -0.3 is 5.11 Å². The molecule has 0 spiro atoms. The second-order valence-corrected chi connectivity index (χ2v) is 4.05. The zero-order valence-electron chi connectivity index (χ0n) is 8.32. The monoisotopic (exact) mass is 208 g/mol. The summed E-state index contributed by atoms with van der Waals surface area (Å²) < 4.78 is 13.0. The van der Waals surface area contributed by atoms with E-state index < -0.39 is 0 Å². The molecular formula is C12H13FO2. The summed E-state index contributed by atoms with van der Waals surface area (Å²) in [5.41, 5.74) is 0.819. The van der Waals surface area contributed by atoms with E-state index in [1.54, 1.807) is 6.07 Å². The van der Waals surface area contributed by atoms with Crippen LogP contribution in [0.3, 0.4) is 0 Å². The fraction of sp³-hybridized carbons (Fsp3) is 0.417. The third kappa shape index (κ3) is 2.07. The predicted molar refractivity (Wildman–Crippen MR) is 54.0 cm³/mol. The molecule has 0 aromatic heterocycles. The first-order valence-corrected chi connectivity index (χ1v) is 5.08. The van der Waals surface area contributed by atoms with Crippen molar-refractivity contribution in [3.8, 4) is 0 Å². The molecule has 1 aliphatic rings. The van der Waals surface area contributed by atoms with Crippen molar-refractivity contribution < 1.29 is 14.3 Å². The van der Waals surface area contributed by atoms with E-state index >= 15 is 0 Å². The first-order valence-electron chi connectivity index (χ1n) is 5.08. The molecule has 0 aliphatic heterocycles. The van der Waals surface area contributed by atoms with Gasteiger partial charge >= 0.3 is 0 Å². The van der Waals surface area contributed by atoms with Gasteiger partial charge in [-0.2, -0.15) is 0 Å². The second-order valence-electron chi connectivity index (χ2n) is 4.05. The highest BCUT2D eigenvalue weighted by Crippen LogP contribution is 2.37. The standard InChI is InChI=1S/C12H13FO2/c13-10-3-1-2-8(4-10)12-6-11(15)5-9(12)7-14/h1-4,9,12,14H,5-7H2/t9-,12-/m1/s1. The van der Waals surface area contributed by atoms with Gasteiger partial charge in [0.15, 0.2) is 0 Å². The van der Waals surface area contributed by atoms with Crippen LogP contribution in [0.1, 0.15) is 24.3 Å². The van der Waals surface area contributed by atoms with Crippen molar-refractivity contribution in [1.82, 2.24) is 0 Å². The summed E-state index contributed by atoms with van der Waals surface area (Å²) in [5.74, 6) is -0.190. The molecule has 2 nitrogen and oxygen atoms in total. The number of benzene rings is 1. The highest BCUT2D eigenvalue weighted by Gasteiger charge is 2.33. The van der Waals surface area contributed by atoms with Gasteiger partial charge in [-0.1, -0.05) is 12.1 Å².